The molecule has 0 aliphatic carbocycles. The molecule has 0 aliphatic heterocycles. The van der Waals surface area contributed by atoms with Crippen LogP contribution in [0.3, 0.4) is 0 Å². The molecular formula is C11H12N4. The van der Waals surface area contributed by atoms with Crippen LogP contribution in [0.25, 0.3) is 5.65 Å². The second-order valence-corrected chi connectivity index (χ2v) is 3.20. The zero-order chi connectivity index (χ0) is 10.7. The highest BCUT2D eigenvalue weighted by atomic mass is 15.1. The standard InChI is InChI=1S/C11H12N4/c1-2-3-4-5-9-8-14-11-10(12)13-6-7-15(9)11/h6-8H,2-3H2,1H3,(H2,12,13). The first-order chi connectivity index (χ1) is 7.33. The van der Waals surface area contributed by atoms with E-state index in [1.807, 2.05) is 10.6 Å². The normalized spacial score (nSPS) is 9.93. The van der Waals surface area contributed by atoms with Crippen LogP contribution in [0, 0.1) is 11.8 Å². The highest BCUT2D eigenvalue weighted by molar-refractivity contribution is 5.61. The maximum absolute atomic E-state index is 5.68. The van der Waals surface area contributed by atoms with E-state index in [2.05, 4.69) is 28.7 Å². The molecule has 4 nitrogen and oxygen atoms in total. The zero-order valence-electron chi connectivity index (χ0n) is 8.57. The molecule has 0 atom stereocenters. The van der Waals surface area contributed by atoms with E-state index in [0.717, 1.165) is 18.5 Å². The van der Waals surface area contributed by atoms with E-state index < -0.39 is 0 Å². The summed E-state index contributed by atoms with van der Waals surface area (Å²) in [5.74, 6) is 6.57. The third-order valence-electron chi connectivity index (χ3n) is 2.05. The van der Waals surface area contributed by atoms with Crippen LogP contribution in [0.5, 0.6) is 0 Å². The van der Waals surface area contributed by atoms with Gasteiger partial charge < -0.3 is 5.73 Å². The third-order valence-corrected chi connectivity index (χ3v) is 2.05. The number of unbranched alkanes of at least 4 members (excludes halogenated alkanes) is 1. The van der Waals surface area contributed by atoms with E-state index in [1.54, 1.807) is 12.4 Å². The summed E-state index contributed by atoms with van der Waals surface area (Å²) >= 11 is 0. The molecule has 0 saturated carbocycles. The first-order valence-electron chi connectivity index (χ1n) is 4.89. The Balaban J connectivity index is 2.47. The van der Waals surface area contributed by atoms with Crippen molar-refractivity contribution in [2.24, 2.45) is 0 Å². The van der Waals surface area contributed by atoms with Gasteiger partial charge in [-0.3, -0.25) is 4.40 Å². The van der Waals surface area contributed by atoms with E-state index in [1.165, 1.54) is 0 Å². The molecule has 0 spiro atoms. The van der Waals surface area contributed by atoms with E-state index in [4.69, 9.17) is 5.73 Å². The van der Waals surface area contributed by atoms with Gasteiger partial charge in [0, 0.05) is 18.8 Å². The maximum atomic E-state index is 5.68. The molecule has 0 aliphatic rings. The van der Waals surface area contributed by atoms with Crippen LogP contribution in [0.15, 0.2) is 18.6 Å². The quantitative estimate of drug-likeness (QED) is 0.709. The van der Waals surface area contributed by atoms with E-state index >= 15 is 0 Å². The topological polar surface area (TPSA) is 56.2 Å². The lowest BCUT2D eigenvalue weighted by Crippen LogP contribution is -1.96. The lowest BCUT2D eigenvalue weighted by Gasteiger charge is -1.96. The summed E-state index contributed by atoms with van der Waals surface area (Å²) in [7, 11) is 0. The Labute approximate surface area is 88.2 Å². The van der Waals surface area contributed by atoms with Gasteiger partial charge in [-0.15, -0.1) is 0 Å². The Bertz CT molecular complexity index is 530. The summed E-state index contributed by atoms with van der Waals surface area (Å²) in [6.07, 6.45) is 7.14. The molecule has 0 amide bonds. The first kappa shape index (κ1) is 9.53. The second-order valence-electron chi connectivity index (χ2n) is 3.20. The van der Waals surface area contributed by atoms with Crippen LogP contribution in [0.2, 0.25) is 0 Å². The zero-order valence-corrected chi connectivity index (χ0v) is 8.57. The highest BCUT2D eigenvalue weighted by Gasteiger charge is 2.03. The summed E-state index contributed by atoms with van der Waals surface area (Å²) < 4.78 is 1.85. The van der Waals surface area contributed by atoms with Gasteiger partial charge in [-0.2, -0.15) is 0 Å². The van der Waals surface area contributed by atoms with Gasteiger partial charge in [0.15, 0.2) is 11.5 Å². The smallest absolute Gasteiger partial charge is 0.180 e. The fraction of sp³-hybridized carbons (Fsp3) is 0.273. The van der Waals surface area contributed by atoms with Gasteiger partial charge in [-0.1, -0.05) is 12.8 Å². The van der Waals surface area contributed by atoms with Crippen molar-refractivity contribution in [3.8, 4) is 11.8 Å². The van der Waals surface area contributed by atoms with E-state index in [0.29, 0.717) is 11.5 Å². The fourth-order valence-corrected chi connectivity index (χ4v) is 1.31. The van der Waals surface area contributed by atoms with Crippen molar-refractivity contribution in [1.82, 2.24) is 14.4 Å². The molecular weight excluding hydrogens is 188 g/mol. The highest BCUT2D eigenvalue weighted by Crippen LogP contribution is 2.09. The monoisotopic (exact) mass is 200 g/mol. The summed E-state index contributed by atoms with van der Waals surface area (Å²) in [6, 6.07) is 0. The molecule has 4 heteroatoms. The summed E-state index contributed by atoms with van der Waals surface area (Å²) in [4.78, 5) is 8.13. The molecule has 0 fully saturated rings. The fourth-order valence-electron chi connectivity index (χ4n) is 1.31. The average molecular weight is 200 g/mol. The van der Waals surface area contributed by atoms with E-state index in [9.17, 15) is 0 Å². The molecule has 0 saturated heterocycles. The van der Waals surface area contributed by atoms with E-state index in [-0.39, 0.29) is 0 Å². The number of nitrogens with zero attached hydrogens (tertiary/aromatic N) is 3. The molecule has 0 unspecified atom stereocenters. The van der Waals surface area contributed by atoms with Crippen LogP contribution < -0.4 is 5.73 Å². The number of hydrogen-bond donors (Lipinski definition) is 1. The Morgan fingerprint density at radius 1 is 1.47 bits per heavy atom. The number of imidazole rings is 1. The number of rotatable bonds is 1. The lowest BCUT2D eigenvalue weighted by atomic mass is 10.3. The minimum Gasteiger partial charge on any atom is -0.381 e. The van der Waals surface area contributed by atoms with Crippen LogP contribution in [0.4, 0.5) is 5.82 Å². The predicted molar refractivity (Wildman–Crippen MR) is 59.2 cm³/mol. The Morgan fingerprint density at radius 2 is 2.33 bits per heavy atom. The van der Waals surface area contributed by atoms with Gasteiger partial charge in [0.25, 0.3) is 0 Å². The summed E-state index contributed by atoms with van der Waals surface area (Å²) in [5.41, 5.74) is 7.20. The Kier molecular flexibility index (Phi) is 2.55. The predicted octanol–water partition coefficient (Wildman–Crippen LogP) is 1.46. The number of aromatic nitrogens is 3. The average Bonchev–Trinajstić information content (AvgIpc) is 2.64. The molecule has 2 N–H and O–H groups in total. The molecule has 2 rings (SSSR count). The summed E-state index contributed by atoms with van der Waals surface area (Å²) in [5, 5.41) is 0. The van der Waals surface area contributed by atoms with Crippen molar-refractivity contribution in [3.05, 3.63) is 24.3 Å². The molecule has 2 aromatic heterocycles. The number of nitrogens with two attached hydrogens (primary N) is 1. The third kappa shape index (κ3) is 1.77. The molecule has 76 valence electrons. The SMILES string of the molecule is CCCC#Cc1cnc2c(N)nccn12. The Hall–Kier alpha value is -2.02. The van der Waals surface area contributed by atoms with Crippen LogP contribution in [0.1, 0.15) is 25.5 Å². The number of nitrogen functional groups attached to an aromatic ring is 1. The van der Waals surface area contributed by atoms with Gasteiger partial charge in [0.2, 0.25) is 0 Å². The van der Waals surface area contributed by atoms with Crippen LogP contribution in [-0.4, -0.2) is 14.4 Å². The van der Waals surface area contributed by atoms with Crippen molar-refractivity contribution >= 4 is 11.5 Å². The lowest BCUT2D eigenvalue weighted by molar-refractivity contribution is 0.982. The van der Waals surface area contributed by atoms with Gasteiger partial charge in [0.1, 0.15) is 5.69 Å². The minimum atomic E-state index is 0.432. The van der Waals surface area contributed by atoms with Gasteiger partial charge >= 0.3 is 0 Å². The summed E-state index contributed by atoms with van der Waals surface area (Å²) in [6.45, 7) is 2.10. The molecule has 2 heterocycles. The number of hydrogen-bond acceptors (Lipinski definition) is 3. The van der Waals surface area contributed by atoms with Crippen molar-refractivity contribution in [1.29, 1.82) is 0 Å². The van der Waals surface area contributed by atoms with Gasteiger partial charge in [0.05, 0.1) is 6.20 Å². The number of fused-ring (bicyclic) bond motifs is 1. The van der Waals surface area contributed by atoms with Gasteiger partial charge in [-0.25, -0.2) is 9.97 Å². The van der Waals surface area contributed by atoms with Crippen molar-refractivity contribution in [2.75, 3.05) is 5.73 Å². The maximum Gasteiger partial charge on any atom is 0.180 e. The molecule has 0 bridgehead atoms. The molecule has 0 radical (unpaired) electrons. The number of anilines is 1. The largest absolute Gasteiger partial charge is 0.381 e. The molecule has 15 heavy (non-hydrogen) atoms. The minimum absolute atomic E-state index is 0.432. The first-order valence-corrected chi connectivity index (χ1v) is 4.89. The van der Waals surface area contributed by atoms with Crippen molar-refractivity contribution in [2.45, 2.75) is 19.8 Å². The molecule has 0 aromatic carbocycles. The van der Waals surface area contributed by atoms with Crippen molar-refractivity contribution < 1.29 is 0 Å². The van der Waals surface area contributed by atoms with Crippen LogP contribution in [-0.2, 0) is 0 Å². The second kappa shape index (κ2) is 4.01. The Morgan fingerprint density at radius 3 is 3.13 bits per heavy atom. The van der Waals surface area contributed by atoms with Crippen LogP contribution >= 0.6 is 0 Å². The molecule has 2 aromatic rings. The van der Waals surface area contributed by atoms with Crippen molar-refractivity contribution in [3.63, 3.8) is 0 Å². The van der Waals surface area contributed by atoms with Gasteiger partial charge in [-0.05, 0) is 12.3 Å².